The summed E-state index contributed by atoms with van der Waals surface area (Å²) in [6.45, 7) is 0. The van der Waals surface area contributed by atoms with Gasteiger partial charge in [-0.15, -0.1) is 0 Å². The Kier molecular flexibility index (Phi) is 2.21. The topological polar surface area (TPSA) is 25.8 Å². The summed E-state index contributed by atoms with van der Waals surface area (Å²) in [5, 5.41) is 1.16. The zero-order valence-corrected chi connectivity index (χ0v) is 10.4. The van der Waals surface area contributed by atoms with Gasteiger partial charge in [0.25, 0.3) is 0 Å². The van der Waals surface area contributed by atoms with Gasteiger partial charge in [-0.3, -0.25) is 0 Å². The minimum absolute atomic E-state index is 0.932. The van der Waals surface area contributed by atoms with Crippen molar-refractivity contribution in [2.45, 2.75) is 6.42 Å². The first kappa shape index (κ1) is 10.4. The number of nitrogens with zero attached hydrogens (tertiary/aromatic N) is 2. The molecule has 4 rings (SSSR count). The second-order valence-electron chi connectivity index (χ2n) is 4.74. The molecule has 0 saturated carbocycles. The Hall–Kier alpha value is -2.48. The molecule has 0 N–H and O–H groups in total. The van der Waals surface area contributed by atoms with Crippen molar-refractivity contribution in [2.24, 2.45) is 0 Å². The number of rotatable bonds is 1. The molecule has 0 saturated heterocycles. The van der Waals surface area contributed by atoms with Gasteiger partial charge in [0.15, 0.2) is 0 Å². The van der Waals surface area contributed by atoms with E-state index in [1.165, 1.54) is 5.56 Å². The summed E-state index contributed by atoms with van der Waals surface area (Å²) in [4.78, 5) is 9.37. The average molecular weight is 244 g/mol. The Morgan fingerprint density at radius 1 is 0.789 bits per heavy atom. The van der Waals surface area contributed by atoms with Gasteiger partial charge in [-0.1, -0.05) is 36.4 Å². The molecule has 3 aromatic rings. The molecule has 0 unspecified atom stereocenters. The van der Waals surface area contributed by atoms with Crippen molar-refractivity contribution in [1.82, 2.24) is 9.97 Å². The van der Waals surface area contributed by atoms with Gasteiger partial charge in [-0.25, -0.2) is 9.97 Å². The van der Waals surface area contributed by atoms with Gasteiger partial charge < -0.3 is 0 Å². The van der Waals surface area contributed by atoms with E-state index in [0.717, 1.165) is 34.4 Å². The average Bonchev–Trinajstić information content (AvgIpc) is 2.94. The lowest BCUT2D eigenvalue weighted by Gasteiger charge is -2.05. The SMILES string of the molecule is C1=Cc2nc(-c3ccc4ccccc4n3)ccc2C1. The molecule has 90 valence electrons. The maximum atomic E-state index is 4.68. The largest absolute Gasteiger partial charge is 0.246 e. The molecule has 0 amide bonds. The normalized spacial score (nSPS) is 12.8. The molecular formula is C17H12N2. The highest BCUT2D eigenvalue weighted by Crippen LogP contribution is 2.23. The van der Waals surface area contributed by atoms with Gasteiger partial charge in [-0.05, 0) is 36.3 Å². The fraction of sp³-hybridized carbons (Fsp3) is 0.0588. The Labute approximate surface area is 111 Å². The Balaban J connectivity index is 1.87. The standard InChI is InChI=1S/C17H12N2/c1-2-6-14-12(4-1)8-10-16(18-14)17-11-9-13-5-3-7-15(13)19-17/h1-4,6-11H,5H2. The molecule has 2 heteroatoms. The molecule has 2 heterocycles. The van der Waals surface area contributed by atoms with Gasteiger partial charge >= 0.3 is 0 Å². The predicted molar refractivity (Wildman–Crippen MR) is 77.7 cm³/mol. The van der Waals surface area contributed by atoms with Crippen LogP contribution in [0.15, 0.2) is 54.6 Å². The molecule has 0 bridgehead atoms. The van der Waals surface area contributed by atoms with Crippen LogP contribution in [0.5, 0.6) is 0 Å². The summed E-state index contributed by atoms with van der Waals surface area (Å²) in [5.41, 5.74) is 5.26. The highest BCUT2D eigenvalue weighted by atomic mass is 14.8. The zero-order chi connectivity index (χ0) is 12.7. The molecule has 2 aromatic heterocycles. The van der Waals surface area contributed by atoms with Crippen LogP contribution in [0.2, 0.25) is 0 Å². The first-order valence-electron chi connectivity index (χ1n) is 6.43. The molecule has 1 aromatic carbocycles. The molecule has 2 nitrogen and oxygen atoms in total. The monoisotopic (exact) mass is 244 g/mol. The van der Waals surface area contributed by atoms with Crippen LogP contribution >= 0.6 is 0 Å². The van der Waals surface area contributed by atoms with E-state index in [1.807, 2.05) is 24.3 Å². The van der Waals surface area contributed by atoms with Crippen LogP contribution in [0, 0.1) is 0 Å². The first-order chi connectivity index (χ1) is 9.40. The van der Waals surface area contributed by atoms with Crippen molar-refractivity contribution in [1.29, 1.82) is 0 Å². The van der Waals surface area contributed by atoms with E-state index >= 15 is 0 Å². The van der Waals surface area contributed by atoms with E-state index in [-0.39, 0.29) is 0 Å². The lowest BCUT2D eigenvalue weighted by atomic mass is 10.1. The van der Waals surface area contributed by atoms with Crippen molar-refractivity contribution >= 4 is 17.0 Å². The highest BCUT2D eigenvalue weighted by molar-refractivity contribution is 5.81. The highest BCUT2D eigenvalue weighted by Gasteiger charge is 2.09. The van der Waals surface area contributed by atoms with Crippen molar-refractivity contribution in [2.75, 3.05) is 0 Å². The smallest absolute Gasteiger partial charge is 0.0894 e. The van der Waals surface area contributed by atoms with Gasteiger partial charge in [0.2, 0.25) is 0 Å². The molecule has 0 spiro atoms. The predicted octanol–water partition coefficient (Wildman–Crippen LogP) is 3.87. The maximum Gasteiger partial charge on any atom is 0.0894 e. The second kappa shape index (κ2) is 4.02. The Bertz CT molecular complexity index is 803. The van der Waals surface area contributed by atoms with E-state index < -0.39 is 0 Å². The maximum absolute atomic E-state index is 4.68. The van der Waals surface area contributed by atoms with Crippen molar-refractivity contribution in [3.8, 4) is 11.4 Å². The Morgan fingerprint density at radius 2 is 1.63 bits per heavy atom. The fourth-order valence-electron chi connectivity index (χ4n) is 2.47. The number of para-hydroxylation sites is 1. The zero-order valence-electron chi connectivity index (χ0n) is 10.4. The van der Waals surface area contributed by atoms with E-state index in [2.05, 4.69) is 46.4 Å². The molecule has 0 fully saturated rings. The molecular weight excluding hydrogens is 232 g/mol. The first-order valence-corrected chi connectivity index (χ1v) is 6.43. The second-order valence-corrected chi connectivity index (χ2v) is 4.74. The summed E-state index contributed by atoms with van der Waals surface area (Å²) >= 11 is 0. The number of aromatic nitrogens is 2. The van der Waals surface area contributed by atoms with Gasteiger partial charge in [-0.2, -0.15) is 0 Å². The van der Waals surface area contributed by atoms with E-state index in [4.69, 9.17) is 0 Å². The van der Waals surface area contributed by atoms with Gasteiger partial charge in [0, 0.05) is 5.39 Å². The molecule has 0 radical (unpaired) electrons. The Morgan fingerprint density at radius 3 is 2.63 bits per heavy atom. The number of hydrogen-bond donors (Lipinski definition) is 0. The molecule has 1 aliphatic carbocycles. The van der Waals surface area contributed by atoms with Crippen LogP contribution in [0.3, 0.4) is 0 Å². The van der Waals surface area contributed by atoms with E-state index in [0.29, 0.717) is 0 Å². The van der Waals surface area contributed by atoms with Crippen LogP contribution in [-0.4, -0.2) is 9.97 Å². The third kappa shape index (κ3) is 1.73. The van der Waals surface area contributed by atoms with Crippen LogP contribution in [0.25, 0.3) is 28.4 Å². The van der Waals surface area contributed by atoms with Crippen LogP contribution in [0.4, 0.5) is 0 Å². The quantitative estimate of drug-likeness (QED) is 0.649. The number of allylic oxidation sites excluding steroid dienone is 1. The third-order valence-corrected chi connectivity index (χ3v) is 3.49. The molecule has 1 aliphatic rings. The van der Waals surface area contributed by atoms with E-state index in [9.17, 15) is 0 Å². The summed E-state index contributed by atoms with van der Waals surface area (Å²) in [7, 11) is 0. The van der Waals surface area contributed by atoms with E-state index in [1.54, 1.807) is 0 Å². The molecule has 0 aliphatic heterocycles. The number of pyridine rings is 2. The number of benzene rings is 1. The van der Waals surface area contributed by atoms with Crippen LogP contribution in [-0.2, 0) is 6.42 Å². The lowest BCUT2D eigenvalue weighted by molar-refractivity contribution is 1.20. The fourth-order valence-corrected chi connectivity index (χ4v) is 2.47. The number of hydrogen-bond acceptors (Lipinski definition) is 2. The lowest BCUT2D eigenvalue weighted by Crippen LogP contribution is -1.92. The minimum Gasteiger partial charge on any atom is -0.246 e. The summed E-state index contributed by atoms with van der Waals surface area (Å²) in [6.07, 6.45) is 5.23. The van der Waals surface area contributed by atoms with Gasteiger partial charge in [0.05, 0.1) is 22.6 Å². The number of fused-ring (bicyclic) bond motifs is 2. The van der Waals surface area contributed by atoms with Crippen LogP contribution in [0.1, 0.15) is 11.3 Å². The van der Waals surface area contributed by atoms with Crippen molar-refractivity contribution in [3.05, 3.63) is 65.9 Å². The summed E-state index contributed by atoms with van der Waals surface area (Å²) in [5.74, 6) is 0. The van der Waals surface area contributed by atoms with Crippen molar-refractivity contribution in [3.63, 3.8) is 0 Å². The third-order valence-electron chi connectivity index (χ3n) is 3.49. The summed E-state index contributed by atoms with van der Waals surface area (Å²) < 4.78 is 0. The molecule has 19 heavy (non-hydrogen) atoms. The van der Waals surface area contributed by atoms with Gasteiger partial charge in [0.1, 0.15) is 0 Å². The minimum atomic E-state index is 0.932. The van der Waals surface area contributed by atoms with Crippen molar-refractivity contribution < 1.29 is 0 Å². The summed E-state index contributed by atoms with van der Waals surface area (Å²) in [6, 6.07) is 16.5. The van der Waals surface area contributed by atoms with Crippen LogP contribution < -0.4 is 0 Å². The molecule has 0 atom stereocenters.